The highest BCUT2D eigenvalue weighted by molar-refractivity contribution is 7.88. The zero-order valence-corrected chi connectivity index (χ0v) is 17.0. The smallest absolute Gasteiger partial charge is 0.275 e. The standard InChI is InChI=1S/C21H27N3O3S/c1-18(20-10-6-3-7-11-20)22-21(25)16-23-12-14-24(15-13-23)28(26,27)17-19-8-4-2-5-9-19/h2-11,18H,12-17H2,1H3,(H,22,25)/p+1/t18-/m0/s1. The van der Waals surface area contributed by atoms with Crippen molar-refractivity contribution in [2.24, 2.45) is 0 Å². The number of benzene rings is 2. The molecule has 2 aromatic carbocycles. The van der Waals surface area contributed by atoms with Gasteiger partial charge in [0.2, 0.25) is 10.0 Å². The predicted octanol–water partition coefficient (Wildman–Crippen LogP) is 0.594. The molecule has 1 fully saturated rings. The first-order chi connectivity index (χ1) is 13.4. The van der Waals surface area contributed by atoms with E-state index in [9.17, 15) is 13.2 Å². The average molecular weight is 403 g/mol. The molecule has 0 unspecified atom stereocenters. The molecule has 1 atom stereocenters. The molecule has 0 saturated carbocycles. The molecular weight excluding hydrogens is 374 g/mol. The molecular formula is C21H28N3O3S+. The van der Waals surface area contributed by atoms with Crippen LogP contribution in [0.5, 0.6) is 0 Å². The van der Waals surface area contributed by atoms with E-state index in [1.54, 1.807) is 4.31 Å². The van der Waals surface area contributed by atoms with Crippen molar-refractivity contribution in [1.82, 2.24) is 9.62 Å². The molecule has 1 amide bonds. The summed E-state index contributed by atoms with van der Waals surface area (Å²) in [7, 11) is -3.32. The number of piperazine rings is 1. The van der Waals surface area contributed by atoms with Crippen LogP contribution in [-0.4, -0.2) is 51.4 Å². The fourth-order valence-electron chi connectivity index (χ4n) is 3.48. The Morgan fingerprint density at radius 1 is 1.04 bits per heavy atom. The average Bonchev–Trinajstić information content (AvgIpc) is 2.69. The second kappa shape index (κ2) is 9.32. The van der Waals surface area contributed by atoms with Crippen LogP contribution in [0.3, 0.4) is 0 Å². The number of carbonyl (C=O) groups is 1. The van der Waals surface area contributed by atoms with Gasteiger partial charge in [0.1, 0.15) is 0 Å². The molecule has 2 N–H and O–H groups in total. The van der Waals surface area contributed by atoms with Gasteiger partial charge in [-0.1, -0.05) is 60.7 Å². The topological polar surface area (TPSA) is 70.9 Å². The fraction of sp³-hybridized carbons (Fsp3) is 0.381. The quantitative estimate of drug-likeness (QED) is 0.712. The van der Waals surface area contributed by atoms with E-state index in [-0.39, 0.29) is 17.7 Å². The molecule has 0 spiro atoms. The van der Waals surface area contributed by atoms with Crippen LogP contribution in [0, 0.1) is 0 Å². The number of amides is 1. The van der Waals surface area contributed by atoms with Gasteiger partial charge in [0.05, 0.1) is 38.0 Å². The van der Waals surface area contributed by atoms with E-state index in [1.165, 1.54) is 0 Å². The highest BCUT2D eigenvalue weighted by Crippen LogP contribution is 2.11. The first kappa shape index (κ1) is 20.5. The summed E-state index contributed by atoms with van der Waals surface area (Å²) < 4.78 is 26.8. The Morgan fingerprint density at radius 2 is 1.61 bits per heavy atom. The third-order valence-electron chi connectivity index (χ3n) is 5.10. The van der Waals surface area contributed by atoms with Crippen LogP contribution < -0.4 is 10.2 Å². The van der Waals surface area contributed by atoms with Gasteiger partial charge in [0, 0.05) is 0 Å². The van der Waals surface area contributed by atoms with Crippen LogP contribution in [0.2, 0.25) is 0 Å². The highest BCUT2D eigenvalue weighted by atomic mass is 32.2. The summed E-state index contributed by atoms with van der Waals surface area (Å²) in [5.41, 5.74) is 1.87. The van der Waals surface area contributed by atoms with Crippen LogP contribution in [0.1, 0.15) is 24.1 Å². The number of rotatable bonds is 7. The van der Waals surface area contributed by atoms with Crippen molar-refractivity contribution in [3.63, 3.8) is 0 Å². The van der Waals surface area contributed by atoms with Crippen molar-refractivity contribution < 1.29 is 18.1 Å². The van der Waals surface area contributed by atoms with Crippen LogP contribution in [0.4, 0.5) is 0 Å². The molecule has 1 aliphatic rings. The van der Waals surface area contributed by atoms with E-state index in [4.69, 9.17) is 0 Å². The summed E-state index contributed by atoms with van der Waals surface area (Å²) in [6.07, 6.45) is 0. The Bertz CT molecular complexity index is 864. The minimum Gasteiger partial charge on any atom is -0.345 e. The molecule has 0 aliphatic carbocycles. The number of hydrogen-bond acceptors (Lipinski definition) is 3. The van der Waals surface area contributed by atoms with E-state index in [2.05, 4.69) is 5.32 Å². The number of sulfonamides is 1. The Balaban J connectivity index is 1.46. The summed E-state index contributed by atoms with van der Waals surface area (Å²) in [5, 5.41) is 3.03. The van der Waals surface area contributed by atoms with E-state index < -0.39 is 10.0 Å². The lowest BCUT2D eigenvalue weighted by Crippen LogP contribution is -3.15. The maximum atomic E-state index is 12.6. The Labute approximate surface area is 167 Å². The minimum atomic E-state index is -3.32. The van der Waals surface area contributed by atoms with Gasteiger partial charge in [-0.15, -0.1) is 0 Å². The van der Waals surface area contributed by atoms with E-state index >= 15 is 0 Å². The molecule has 0 radical (unpaired) electrons. The number of quaternary nitrogens is 1. The van der Waals surface area contributed by atoms with Crippen LogP contribution in [0.15, 0.2) is 60.7 Å². The van der Waals surface area contributed by atoms with Crippen molar-refractivity contribution in [2.75, 3.05) is 32.7 Å². The molecule has 6 nitrogen and oxygen atoms in total. The van der Waals surface area contributed by atoms with Gasteiger partial charge < -0.3 is 10.2 Å². The third kappa shape index (κ3) is 5.64. The van der Waals surface area contributed by atoms with Gasteiger partial charge in [-0.3, -0.25) is 4.79 Å². The maximum Gasteiger partial charge on any atom is 0.275 e. The van der Waals surface area contributed by atoms with Crippen LogP contribution in [-0.2, 0) is 20.6 Å². The zero-order chi connectivity index (χ0) is 20.0. The summed E-state index contributed by atoms with van der Waals surface area (Å²) in [6, 6.07) is 19.0. The molecule has 2 aromatic rings. The first-order valence-corrected chi connectivity index (χ1v) is 11.2. The lowest BCUT2D eigenvalue weighted by molar-refractivity contribution is -0.895. The summed E-state index contributed by atoms with van der Waals surface area (Å²) in [4.78, 5) is 13.5. The molecule has 7 heteroatoms. The van der Waals surface area contributed by atoms with Gasteiger partial charge in [-0.05, 0) is 18.1 Å². The molecule has 1 aliphatic heterocycles. The predicted molar refractivity (Wildman–Crippen MR) is 109 cm³/mol. The molecule has 1 heterocycles. The summed E-state index contributed by atoms with van der Waals surface area (Å²) in [5.74, 6) is 0.0186. The van der Waals surface area contributed by atoms with Crippen LogP contribution >= 0.6 is 0 Å². The number of hydrogen-bond donors (Lipinski definition) is 2. The number of nitrogens with zero attached hydrogens (tertiary/aromatic N) is 1. The zero-order valence-electron chi connectivity index (χ0n) is 16.2. The summed E-state index contributed by atoms with van der Waals surface area (Å²) in [6.45, 7) is 4.51. The van der Waals surface area contributed by atoms with Crippen molar-refractivity contribution in [3.05, 3.63) is 71.8 Å². The van der Waals surface area contributed by atoms with Crippen molar-refractivity contribution in [2.45, 2.75) is 18.7 Å². The monoisotopic (exact) mass is 402 g/mol. The Morgan fingerprint density at radius 3 is 2.21 bits per heavy atom. The van der Waals surface area contributed by atoms with E-state index in [0.29, 0.717) is 32.7 Å². The SMILES string of the molecule is C[C@H](NC(=O)C[NH+]1CCN(S(=O)(=O)Cc2ccccc2)CC1)c1ccccc1. The number of nitrogens with one attached hydrogen (secondary N) is 2. The van der Waals surface area contributed by atoms with Crippen molar-refractivity contribution in [1.29, 1.82) is 0 Å². The van der Waals surface area contributed by atoms with Gasteiger partial charge >= 0.3 is 0 Å². The van der Waals surface area contributed by atoms with Gasteiger partial charge in [-0.25, -0.2) is 8.42 Å². The first-order valence-electron chi connectivity index (χ1n) is 9.63. The van der Waals surface area contributed by atoms with E-state index in [1.807, 2.05) is 67.6 Å². The molecule has 150 valence electrons. The van der Waals surface area contributed by atoms with Crippen molar-refractivity contribution >= 4 is 15.9 Å². The highest BCUT2D eigenvalue weighted by Gasteiger charge is 2.30. The second-order valence-electron chi connectivity index (χ2n) is 7.27. The number of carbonyl (C=O) groups excluding carboxylic acids is 1. The largest absolute Gasteiger partial charge is 0.345 e. The molecule has 0 bridgehead atoms. The molecule has 0 aromatic heterocycles. The lowest BCUT2D eigenvalue weighted by Gasteiger charge is -2.31. The summed E-state index contributed by atoms with van der Waals surface area (Å²) >= 11 is 0. The van der Waals surface area contributed by atoms with Gasteiger partial charge in [0.25, 0.3) is 5.91 Å². The molecule has 3 rings (SSSR count). The lowest BCUT2D eigenvalue weighted by atomic mass is 10.1. The second-order valence-corrected chi connectivity index (χ2v) is 9.24. The Kier molecular flexibility index (Phi) is 6.83. The molecule has 1 saturated heterocycles. The maximum absolute atomic E-state index is 12.6. The van der Waals surface area contributed by atoms with E-state index in [0.717, 1.165) is 16.0 Å². The minimum absolute atomic E-state index is 0.00746. The van der Waals surface area contributed by atoms with Crippen molar-refractivity contribution in [3.8, 4) is 0 Å². The third-order valence-corrected chi connectivity index (χ3v) is 6.95. The van der Waals surface area contributed by atoms with Gasteiger partial charge in [0.15, 0.2) is 6.54 Å². The Hall–Kier alpha value is -2.22. The van der Waals surface area contributed by atoms with Gasteiger partial charge in [-0.2, -0.15) is 4.31 Å². The normalized spacial score (nSPS) is 17.2. The fourth-order valence-corrected chi connectivity index (χ4v) is 5.01. The van der Waals surface area contributed by atoms with Crippen LogP contribution in [0.25, 0.3) is 0 Å². The molecule has 28 heavy (non-hydrogen) atoms.